The highest BCUT2D eigenvalue weighted by Gasteiger charge is 2.25. The molecule has 1 aliphatic rings. The molecule has 128 valence electrons. The summed E-state index contributed by atoms with van der Waals surface area (Å²) in [5.74, 6) is 0.863. The van der Waals surface area contributed by atoms with Gasteiger partial charge in [0.05, 0.1) is 18.8 Å². The van der Waals surface area contributed by atoms with E-state index in [0.29, 0.717) is 25.3 Å². The number of ether oxygens (including phenoxy) is 2. The van der Waals surface area contributed by atoms with Gasteiger partial charge in [-0.1, -0.05) is 0 Å². The molecule has 0 radical (unpaired) electrons. The molecule has 0 unspecified atom stereocenters. The van der Waals surface area contributed by atoms with Crippen molar-refractivity contribution in [2.24, 2.45) is 0 Å². The Hall–Kier alpha value is -1.59. The second-order valence-corrected chi connectivity index (χ2v) is 6.53. The van der Waals surface area contributed by atoms with Crippen LogP contribution in [0.15, 0.2) is 24.3 Å². The van der Waals surface area contributed by atoms with Crippen LogP contribution in [0, 0.1) is 0 Å². The molecular weight excluding hydrogens is 292 g/mol. The van der Waals surface area contributed by atoms with Crippen LogP contribution in [0.1, 0.15) is 30.6 Å². The Balaban J connectivity index is 1.93. The molecule has 1 heterocycles. The average Bonchev–Trinajstić information content (AvgIpc) is 2.53. The van der Waals surface area contributed by atoms with Crippen molar-refractivity contribution in [3.63, 3.8) is 0 Å². The lowest BCUT2D eigenvalue weighted by atomic mass is 10.1. The number of rotatable bonds is 6. The minimum absolute atomic E-state index is 0.0688. The quantitative estimate of drug-likeness (QED) is 0.806. The number of carbonyl (C=O) groups is 1. The summed E-state index contributed by atoms with van der Waals surface area (Å²) in [6.45, 7) is 6.87. The van der Waals surface area contributed by atoms with Gasteiger partial charge in [-0.25, -0.2) is 0 Å². The van der Waals surface area contributed by atoms with E-state index in [1.54, 1.807) is 0 Å². The van der Waals surface area contributed by atoms with Crippen molar-refractivity contribution < 1.29 is 14.3 Å². The van der Waals surface area contributed by atoms with E-state index < -0.39 is 0 Å². The zero-order valence-electron chi connectivity index (χ0n) is 14.6. The smallest absolute Gasteiger partial charge is 0.254 e. The first-order valence-electron chi connectivity index (χ1n) is 8.28. The molecule has 0 N–H and O–H groups in total. The van der Waals surface area contributed by atoms with Crippen molar-refractivity contribution in [1.29, 1.82) is 0 Å². The predicted molar refractivity (Wildman–Crippen MR) is 91.0 cm³/mol. The van der Waals surface area contributed by atoms with Crippen molar-refractivity contribution in [2.75, 3.05) is 40.3 Å². The third-order valence-electron chi connectivity index (χ3n) is 3.80. The van der Waals surface area contributed by atoms with Crippen molar-refractivity contribution in [2.45, 2.75) is 32.5 Å². The molecule has 1 amide bonds. The molecule has 23 heavy (non-hydrogen) atoms. The zero-order chi connectivity index (χ0) is 16.8. The van der Waals surface area contributed by atoms with Gasteiger partial charge in [-0.2, -0.15) is 0 Å². The van der Waals surface area contributed by atoms with E-state index in [4.69, 9.17) is 9.47 Å². The highest BCUT2D eigenvalue weighted by molar-refractivity contribution is 5.94. The Kier molecular flexibility index (Phi) is 6.42. The van der Waals surface area contributed by atoms with E-state index in [9.17, 15) is 4.79 Å². The Labute approximate surface area is 139 Å². The summed E-state index contributed by atoms with van der Waals surface area (Å²) in [7, 11) is 4.10. The van der Waals surface area contributed by atoms with Crippen molar-refractivity contribution in [3.8, 4) is 5.75 Å². The van der Waals surface area contributed by atoms with Gasteiger partial charge in [0, 0.05) is 25.2 Å². The van der Waals surface area contributed by atoms with Crippen LogP contribution in [-0.4, -0.2) is 68.3 Å². The fourth-order valence-corrected chi connectivity index (χ4v) is 2.61. The van der Waals surface area contributed by atoms with Gasteiger partial charge >= 0.3 is 0 Å². The Morgan fingerprint density at radius 1 is 1.35 bits per heavy atom. The van der Waals surface area contributed by atoms with Crippen LogP contribution in [0.4, 0.5) is 0 Å². The summed E-state index contributed by atoms with van der Waals surface area (Å²) >= 11 is 0. The molecule has 0 aromatic heterocycles. The fraction of sp³-hybridized carbons (Fsp3) is 0.611. The third kappa shape index (κ3) is 5.52. The minimum atomic E-state index is 0.0688. The van der Waals surface area contributed by atoms with E-state index in [0.717, 1.165) is 18.7 Å². The summed E-state index contributed by atoms with van der Waals surface area (Å²) in [6, 6.07) is 7.39. The summed E-state index contributed by atoms with van der Waals surface area (Å²) < 4.78 is 11.4. The Morgan fingerprint density at radius 3 is 2.65 bits per heavy atom. The molecule has 5 nitrogen and oxygen atoms in total. The highest BCUT2D eigenvalue weighted by atomic mass is 16.5. The first-order chi connectivity index (χ1) is 11.0. The van der Waals surface area contributed by atoms with Gasteiger partial charge in [0.15, 0.2) is 0 Å². The first-order valence-corrected chi connectivity index (χ1v) is 8.28. The monoisotopic (exact) mass is 320 g/mol. The molecule has 0 aliphatic carbocycles. The van der Waals surface area contributed by atoms with Crippen LogP contribution >= 0.6 is 0 Å². The molecule has 2 rings (SSSR count). The number of carbonyl (C=O) groups excluding carboxylic acids is 1. The van der Waals surface area contributed by atoms with E-state index in [1.165, 1.54) is 0 Å². The van der Waals surface area contributed by atoms with Gasteiger partial charge in [0.1, 0.15) is 5.75 Å². The Bertz CT molecular complexity index is 499. The zero-order valence-corrected chi connectivity index (χ0v) is 14.6. The number of benzene rings is 1. The highest BCUT2D eigenvalue weighted by Crippen LogP contribution is 2.17. The molecule has 0 saturated carbocycles. The van der Waals surface area contributed by atoms with Crippen LogP contribution < -0.4 is 4.74 Å². The van der Waals surface area contributed by atoms with E-state index in [1.807, 2.05) is 57.1 Å². The van der Waals surface area contributed by atoms with E-state index in [2.05, 4.69) is 4.90 Å². The lowest BCUT2D eigenvalue weighted by Gasteiger charge is -2.33. The minimum Gasteiger partial charge on any atom is -0.491 e. The molecule has 1 aliphatic heterocycles. The summed E-state index contributed by atoms with van der Waals surface area (Å²) in [4.78, 5) is 16.7. The summed E-state index contributed by atoms with van der Waals surface area (Å²) in [5.41, 5.74) is 0.703. The Morgan fingerprint density at radius 2 is 2.04 bits per heavy atom. The van der Waals surface area contributed by atoms with Crippen molar-refractivity contribution in [3.05, 3.63) is 29.8 Å². The van der Waals surface area contributed by atoms with Gasteiger partial charge in [-0.05, 0) is 58.6 Å². The molecule has 1 atom stereocenters. The molecule has 1 aromatic rings. The third-order valence-corrected chi connectivity index (χ3v) is 3.80. The fourth-order valence-electron chi connectivity index (χ4n) is 2.61. The number of hydrogen-bond acceptors (Lipinski definition) is 4. The van der Waals surface area contributed by atoms with E-state index in [-0.39, 0.29) is 18.1 Å². The molecular formula is C18H28N2O3. The SMILES string of the molecule is CC(C)Oc1ccc(C(=O)N2CCO[C@H](CCN(C)C)C2)cc1. The molecule has 1 aromatic carbocycles. The molecule has 1 saturated heterocycles. The number of amides is 1. The number of hydrogen-bond donors (Lipinski definition) is 0. The van der Waals surface area contributed by atoms with Crippen molar-refractivity contribution in [1.82, 2.24) is 9.80 Å². The maximum absolute atomic E-state index is 12.6. The maximum atomic E-state index is 12.6. The van der Waals surface area contributed by atoms with Gasteiger partial charge < -0.3 is 19.3 Å². The summed E-state index contributed by atoms with van der Waals surface area (Å²) in [5, 5.41) is 0. The lowest BCUT2D eigenvalue weighted by Crippen LogP contribution is -2.46. The van der Waals surface area contributed by atoms with E-state index >= 15 is 0 Å². The van der Waals surface area contributed by atoms with Crippen LogP contribution in [0.2, 0.25) is 0 Å². The molecule has 1 fully saturated rings. The van der Waals surface area contributed by atoms with Gasteiger partial charge in [0.2, 0.25) is 0 Å². The molecule has 0 bridgehead atoms. The molecule has 5 heteroatoms. The van der Waals surface area contributed by atoms with Crippen LogP contribution in [0.3, 0.4) is 0 Å². The number of nitrogens with zero attached hydrogens (tertiary/aromatic N) is 2. The second kappa shape index (κ2) is 8.31. The largest absolute Gasteiger partial charge is 0.491 e. The second-order valence-electron chi connectivity index (χ2n) is 6.53. The topological polar surface area (TPSA) is 42.0 Å². The van der Waals surface area contributed by atoms with Gasteiger partial charge in [-0.15, -0.1) is 0 Å². The number of morpholine rings is 1. The van der Waals surface area contributed by atoms with Gasteiger partial charge in [-0.3, -0.25) is 4.79 Å². The molecule has 0 spiro atoms. The van der Waals surface area contributed by atoms with Crippen molar-refractivity contribution >= 4 is 5.91 Å². The predicted octanol–water partition coefficient (Wildman–Crippen LogP) is 2.27. The average molecular weight is 320 g/mol. The lowest BCUT2D eigenvalue weighted by molar-refractivity contribution is -0.0269. The summed E-state index contributed by atoms with van der Waals surface area (Å²) in [6.07, 6.45) is 1.20. The van der Waals surface area contributed by atoms with Crippen LogP contribution in [-0.2, 0) is 4.74 Å². The normalized spacial score (nSPS) is 18.5. The standard InChI is InChI=1S/C18H28N2O3/c1-14(2)23-16-7-5-15(6-8-16)18(21)20-11-12-22-17(13-20)9-10-19(3)4/h5-8,14,17H,9-13H2,1-4H3/t17-/m1/s1. The van der Waals surface area contributed by atoms with Crippen LogP contribution in [0.25, 0.3) is 0 Å². The van der Waals surface area contributed by atoms with Gasteiger partial charge in [0.25, 0.3) is 5.91 Å². The van der Waals surface area contributed by atoms with Crippen LogP contribution in [0.5, 0.6) is 5.75 Å². The maximum Gasteiger partial charge on any atom is 0.254 e. The first kappa shape index (κ1) is 17.8.